The van der Waals surface area contributed by atoms with E-state index in [1.54, 1.807) is 69.3 Å². The fourth-order valence-corrected chi connectivity index (χ4v) is 6.53. The van der Waals surface area contributed by atoms with Gasteiger partial charge in [-0.3, -0.25) is 34.9 Å². The van der Waals surface area contributed by atoms with Gasteiger partial charge in [-0.25, -0.2) is 19.2 Å². The summed E-state index contributed by atoms with van der Waals surface area (Å²) in [6.07, 6.45) is -1.52. The van der Waals surface area contributed by atoms with Gasteiger partial charge in [-0.2, -0.15) is 0 Å². The highest BCUT2D eigenvalue weighted by atomic mass is 16.6. The van der Waals surface area contributed by atoms with Crippen LogP contribution in [0, 0.1) is 5.92 Å². The minimum atomic E-state index is -1.26. The number of nitrogens with zero attached hydrogens (tertiary/aromatic N) is 4. The van der Waals surface area contributed by atoms with Crippen LogP contribution in [0.1, 0.15) is 50.3 Å². The van der Waals surface area contributed by atoms with Crippen molar-refractivity contribution in [3.05, 3.63) is 108 Å². The van der Waals surface area contributed by atoms with Gasteiger partial charge in [0.25, 0.3) is 0 Å². The third kappa shape index (κ3) is 14.3. The van der Waals surface area contributed by atoms with E-state index in [9.17, 15) is 33.6 Å². The summed E-state index contributed by atoms with van der Waals surface area (Å²) in [5, 5.41) is 7.32. The predicted octanol–water partition coefficient (Wildman–Crippen LogP) is 4.38. The molecule has 62 heavy (non-hydrogen) atoms. The number of hydrogen-bond donors (Lipinski definition) is 3. The standard InChI is InChI=1S/C44H53N7O11/c1-44(2,3)62-35(52)28-46-37(53)36-34(38(54)51(36)42(57)49-23-25-50(26-24-49)43(58)59-27-21-31-14-7-4-8-15-31)20-13-22-45-39(47-40(55)60-29-32-16-9-5-10-17-32)48-41(56)61-30-33-18-11-6-12-19-33/h4-12,14-19,34,36H,13,20-30H2,1-3H3,(H,46,53)(H2,45,47,48,55,56)/t34-,36?/m1/s1. The normalized spacial score (nSPS) is 15.9. The van der Waals surface area contributed by atoms with E-state index in [-0.39, 0.29) is 71.3 Å². The lowest BCUT2D eigenvalue weighted by Crippen LogP contribution is -2.71. The zero-order valence-electron chi connectivity index (χ0n) is 35.1. The highest BCUT2D eigenvalue weighted by Gasteiger charge is 2.55. The SMILES string of the molecule is CC(C)(C)OC(=O)CNC(=O)C1[C@@H](CCCN=C(NC(=O)OCc2ccccc2)NC(=O)OCc2ccccc2)C(=O)N1C(=O)N1CCN(C(=O)OCCc2ccccc2)CC1. The number of alkyl carbamates (subject to hydrolysis) is 2. The molecular weight excluding hydrogens is 803 g/mol. The van der Waals surface area contributed by atoms with Gasteiger partial charge in [0.05, 0.1) is 12.5 Å². The molecule has 0 bridgehead atoms. The molecule has 0 aromatic heterocycles. The van der Waals surface area contributed by atoms with Crippen LogP contribution in [0.5, 0.6) is 0 Å². The number of urea groups is 1. The lowest BCUT2D eigenvalue weighted by atomic mass is 9.83. The molecule has 0 radical (unpaired) electrons. The molecule has 2 heterocycles. The average Bonchev–Trinajstić information content (AvgIpc) is 3.26. The minimum Gasteiger partial charge on any atom is -0.459 e. The molecule has 3 aromatic carbocycles. The Morgan fingerprint density at radius 1 is 0.710 bits per heavy atom. The molecule has 0 spiro atoms. The first kappa shape index (κ1) is 46.1. The molecule has 1 unspecified atom stereocenters. The third-order valence-electron chi connectivity index (χ3n) is 9.59. The summed E-state index contributed by atoms with van der Waals surface area (Å²) in [5.41, 5.74) is 1.68. The number of carbonyl (C=O) groups excluding carboxylic acids is 7. The van der Waals surface area contributed by atoms with Crippen LogP contribution in [-0.2, 0) is 53.0 Å². The van der Waals surface area contributed by atoms with Gasteiger partial charge in [-0.05, 0) is 50.3 Å². The lowest BCUT2D eigenvalue weighted by molar-refractivity contribution is -0.160. The van der Waals surface area contributed by atoms with E-state index in [1.165, 1.54) is 9.80 Å². The van der Waals surface area contributed by atoms with Crippen LogP contribution < -0.4 is 16.0 Å². The van der Waals surface area contributed by atoms with Crippen LogP contribution >= 0.6 is 0 Å². The number of nitrogens with one attached hydrogen (secondary N) is 3. The van der Waals surface area contributed by atoms with E-state index in [4.69, 9.17) is 18.9 Å². The average molecular weight is 856 g/mol. The number of β-lactam (4-membered cyclic amide) rings is 1. The lowest BCUT2D eigenvalue weighted by Gasteiger charge is -2.47. The Labute approximate surface area is 359 Å². The van der Waals surface area contributed by atoms with Gasteiger partial charge in [-0.1, -0.05) is 91.0 Å². The Balaban J connectivity index is 1.19. The second-order valence-electron chi connectivity index (χ2n) is 15.4. The molecule has 0 saturated carbocycles. The van der Waals surface area contributed by atoms with Crippen molar-refractivity contribution in [3.8, 4) is 0 Å². The molecule has 5 rings (SSSR count). The number of imide groups is 1. The summed E-state index contributed by atoms with van der Waals surface area (Å²) in [6.45, 7) is 5.07. The van der Waals surface area contributed by atoms with Gasteiger partial charge in [0.2, 0.25) is 17.8 Å². The number of aliphatic imine (C=N–C) groups is 1. The maximum atomic E-state index is 13.8. The van der Waals surface area contributed by atoms with Crippen molar-refractivity contribution in [2.45, 2.75) is 64.9 Å². The molecule has 2 fully saturated rings. The van der Waals surface area contributed by atoms with E-state index >= 15 is 0 Å². The molecule has 330 valence electrons. The Bertz CT molecular complexity index is 1980. The summed E-state index contributed by atoms with van der Waals surface area (Å²) in [5.74, 6) is -3.29. The third-order valence-corrected chi connectivity index (χ3v) is 9.59. The Morgan fingerprint density at radius 3 is 1.76 bits per heavy atom. The minimum absolute atomic E-state index is 0.0410. The second kappa shape index (κ2) is 22.6. The van der Waals surface area contributed by atoms with Crippen molar-refractivity contribution in [1.29, 1.82) is 0 Å². The van der Waals surface area contributed by atoms with Crippen LogP contribution in [0.25, 0.3) is 0 Å². The zero-order chi connectivity index (χ0) is 44.5. The largest absolute Gasteiger partial charge is 0.459 e. The maximum absolute atomic E-state index is 13.8. The predicted molar refractivity (Wildman–Crippen MR) is 224 cm³/mol. The Kier molecular flexibility index (Phi) is 16.8. The maximum Gasteiger partial charge on any atom is 0.414 e. The summed E-state index contributed by atoms with van der Waals surface area (Å²) in [7, 11) is 0. The topological polar surface area (TPSA) is 215 Å². The molecule has 3 N–H and O–H groups in total. The molecule has 18 heteroatoms. The van der Waals surface area contributed by atoms with Crippen molar-refractivity contribution in [3.63, 3.8) is 0 Å². The van der Waals surface area contributed by atoms with E-state index in [0.29, 0.717) is 6.42 Å². The van der Waals surface area contributed by atoms with Gasteiger partial charge in [0, 0.05) is 39.1 Å². The molecule has 18 nitrogen and oxygen atoms in total. The molecule has 2 aliphatic rings. The molecule has 3 aromatic rings. The van der Waals surface area contributed by atoms with Crippen LogP contribution in [-0.4, -0.2) is 120 Å². The number of likely N-dealkylation sites (tertiary alicyclic amines) is 1. The molecule has 2 saturated heterocycles. The van der Waals surface area contributed by atoms with Crippen LogP contribution in [0.15, 0.2) is 96.0 Å². The Hall–Kier alpha value is -6.98. The van der Waals surface area contributed by atoms with E-state index in [2.05, 4.69) is 20.9 Å². The van der Waals surface area contributed by atoms with Crippen molar-refractivity contribution in [2.24, 2.45) is 10.9 Å². The van der Waals surface area contributed by atoms with Crippen LogP contribution in [0.2, 0.25) is 0 Å². The smallest absolute Gasteiger partial charge is 0.414 e. The number of rotatable bonds is 14. The van der Waals surface area contributed by atoms with Gasteiger partial charge < -0.3 is 34.1 Å². The summed E-state index contributed by atoms with van der Waals surface area (Å²) >= 11 is 0. The first-order chi connectivity index (χ1) is 29.8. The van der Waals surface area contributed by atoms with Crippen molar-refractivity contribution < 1.29 is 52.5 Å². The zero-order valence-corrected chi connectivity index (χ0v) is 35.1. The number of guanidine groups is 1. The van der Waals surface area contributed by atoms with Crippen LogP contribution in [0.4, 0.5) is 19.2 Å². The van der Waals surface area contributed by atoms with E-state index in [1.807, 2.05) is 42.5 Å². The molecule has 0 aliphatic carbocycles. The molecular formula is C44H53N7O11. The summed E-state index contributed by atoms with van der Waals surface area (Å²) in [4.78, 5) is 99.7. The monoisotopic (exact) mass is 855 g/mol. The number of benzene rings is 3. The van der Waals surface area contributed by atoms with Crippen molar-refractivity contribution in [2.75, 3.05) is 45.9 Å². The van der Waals surface area contributed by atoms with Gasteiger partial charge in [-0.15, -0.1) is 0 Å². The Morgan fingerprint density at radius 2 is 1.23 bits per heavy atom. The van der Waals surface area contributed by atoms with Gasteiger partial charge in [0.1, 0.15) is 31.4 Å². The first-order valence-electron chi connectivity index (χ1n) is 20.3. The second-order valence-corrected chi connectivity index (χ2v) is 15.4. The van der Waals surface area contributed by atoms with Gasteiger partial charge >= 0.3 is 30.3 Å². The number of hydrogen-bond acceptors (Lipinski definition) is 12. The summed E-state index contributed by atoms with van der Waals surface area (Å²) < 4.78 is 21.3. The fraction of sp³-hybridized carbons (Fsp3) is 0.409. The fourth-order valence-electron chi connectivity index (χ4n) is 6.53. The highest BCUT2D eigenvalue weighted by molar-refractivity contribution is 6.09. The number of piperazine rings is 1. The molecule has 2 atom stereocenters. The molecule has 2 aliphatic heterocycles. The van der Waals surface area contributed by atoms with Crippen LogP contribution in [0.3, 0.4) is 0 Å². The summed E-state index contributed by atoms with van der Waals surface area (Å²) in [6, 6.07) is 25.5. The number of esters is 1. The highest BCUT2D eigenvalue weighted by Crippen LogP contribution is 2.32. The molecule has 7 amide bonds. The van der Waals surface area contributed by atoms with Crippen molar-refractivity contribution >= 4 is 48.1 Å². The number of amides is 7. The number of carbonyl (C=O) groups is 7. The van der Waals surface area contributed by atoms with E-state index < -0.39 is 66.2 Å². The first-order valence-corrected chi connectivity index (χ1v) is 20.3. The van der Waals surface area contributed by atoms with E-state index in [0.717, 1.165) is 21.6 Å². The van der Waals surface area contributed by atoms with Crippen molar-refractivity contribution in [1.82, 2.24) is 30.7 Å². The van der Waals surface area contributed by atoms with Gasteiger partial charge in [0.15, 0.2) is 0 Å². The quantitative estimate of drug-likeness (QED) is 0.0517. The number of ether oxygens (including phenoxy) is 4.